The maximum absolute atomic E-state index is 4.45. The Hall–Kier alpha value is -1.77. The fourth-order valence-electron chi connectivity index (χ4n) is 2.84. The van der Waals surface area contributed by atoms with Gasteiger partial charge in [-0.25, -0.2) is 4.98 Å². The number of aryl methyl sites for hydroxylation is 1. The summed E-state index contributed by atoms with van der Waals surface area (Å²) in [4.78, 5) is 4.45. The minimum Gasteiger partial charge on any atom is -0.326 e. The van der Waals surface area contributed by atoms with Crippen molar-refractivity contribution in [1.29, 1.82) is 0 Å². The van der Waals surface area contributed by atoms with Crippen molar-refractivity contribution in [3.63, 3.8) is 0 Å². The second kappa shape index (κ2) is 5.47. The zero-order chi connectivity index (χ0) is 13.1. The van der Waals surface area contributed by atoms with E-state index in [4.69, 9.17) is 0 Å². The molecule has 0 saturated heterocycles. The third-order valence-corrected chi connectivity index (χ3v) is 4.01. The van der Waals surface area contributed by atoms with Gasteiger partial charge in [0.05, 0.1) is 0 Å². The van der Waals surface area contributed by atoms with Crippen LogP contribution in [0.25, 0.3) is 0 Å². The van der Waals surface area contributed by atoms with E-state index in [1.807, 2.05) is 6.20 Å². The van der Waals surface area contributed by atoms with E-state index < -0.39 is 0 Å². The van der Waals surface area contributed by atoms with Gasteiger partial charge in [0.25, 0.3) is 0 Å². The topological polar surface area (TPSA) is 29.9 Å². The lowest BCUT2D eigenvalue weighted by atomic mass is 10.1. The second-order valence-corrected chi connectivity index (χ2v) is 5.27. The van der Waals surface area contributed by atoms with E-state index in [9.17, 15) is 0 Å². The molecule has 1 saturated carbocycles. The number of aromatic nitrogens is 2. The first-order valence-corrected chi connectivity index (χ1v) is 7.25. The van der Waals surface area contributed by atoms with E-state index in [1.165, 1.54) is 31.2 Å². The zero-order valence-corrected chi connectivity index (χ0v) is 11.5. The third kappa shape index (κ3) is 2.65. The molecule has 0 atom stereocenters. The quantitative estimate of drug-likeness (QED) is 0.882. The van der Waals surface area contributed by atoms with Gasteiger partial charge in [-0.2, -0.15) is 0 Å². The summed E-state index contributed by atoms with van der Waals surface area (Å²) in [5.41, 5.74) is 2.48. The van der Waals surface area contributed by atoms with Crippen molar-refractivity contribution in [1.82, 2.24) is 9.55 Å². The van der Waals surface area contributed by atoms with Crippen LogP contribution in [0.5, 0.6) is 0 Å². The maximum Gasteiger partial charge on any atom is 0.207 e. The monoisotopic (exact) mass is 255 g/mol. The van der Waals surface area contributed by atoms with Crippen molar-refractivity contribution in [2.24, 2.45) is 0 Å². The number of anilines is 2. The molecule has 1 aliphatic rings. The van der Waals surface area contributed by atoms with Crippen LogP contribution in [0.4, 0.5) is 11.6 Å². The van der Waals surface area contributed by atoms with E-state index >= 15 is 0 Å². The number of nitrogens with zero attached hydrogens (tertiary/aromatic N) is 2. The Balaban J connectivity index is 1.77. The highest BCUT2D eigenvalue weighted by atomic mass is 15.2. The molecule has 100 valence electrons. The van der Waals surface area contributed by atoms with E-state index in [-0.39, 0.29) is 0 Å². The van der Waals surface area contributed by atoms with Crippen molar-refractivity contribution >= 4 is 11.6 Å². The highest BCUT2D eigenvalue weighted by Gasteiger charge is 2.19. The summed E-state index contributed by atoms with van der Waals surface area (Å²) in [7, 11) is 0. The van der Waals surface area contributed by atoms with Crippen molar-refractivity contribution in [2.45, 2.75) is 45.1 Å². The maximum atomic E-state index is 4.45. The first kappa shape index (κ1) is 12.3. The molecular weight excluding hydrogens is 234 g/mol. The molecule has 3 rings (SSSR count). The molecule has 1 fully saturated rings. The van der Waals surface area contributed by atoms with Gasteiger partial charge in [-0.1, -0.05) is 31.9 Å². The Morgan fingerprint density at radius 1 is 1.21 bits per heavy atom. The number of nitrogens with one attached hydrogen (secondary N) is 1. The van der Waals surface area contributed by atoms with Gasteiger partial charge in [0.2, 0.25) is 5.95 Å². The zero-order valence-electron chi connectivity index (χ0n) is 11.5. The molecule has 0 aliphatic heterocycles. The lowest BCUT2D eigenvalue weighted by molar-refractivity contribution is 0.525. The van der Waals surface area contributed by atoms with Crippen LogP contribution in [0.1, 0.15) is 44.2 Å². The van der Waals surface area contributed by atoms with Crippen LogP contribution < -0.4 is 5.32 Å². The average Bonchev–Trinajstić information content (AvgIpc) is 3.10. The molecule has 19 heavy (non-hydrogen) atoms. The lowest BCUT2D eigenvalue weighted by Gasteiger charge is -2.15. The SMILES string of the molecule is CCc1ccc(Nc2nccn2C2CCCC2)cc1. The Kier molecular flexibility index (Phi) is 3.53. The predicted molar refractivity (Wildman–Crippen MR) is 78.8 cm³/mol. The van der Waals surface area contributed by atoms with Gasteiger partial charge in [0, 0.05) is 24.1 Å². The molecule has 1 aromatic heterocycles. The van der Waals surface area contributed by atoms with E-state index in [2.05, 4.69) is 52.3 Å². The molecular formula is C16H21N3. The number of hydrogen-bond acceptors (Lipinski definition) is 2. The number of benzene rings is 1. The van der Waals surface area contributed by atoms with E-state index in [0.29, 0.717) is 6.04 Å². The largest absolute Gasteiger partial charge is 0.326 e. The molecule has 3 nitrogen and oxygen atoms in total. The van der Waals surface area contributed by atoms with Crippen LogP contribution in [-0.4, -0.2) is 9.55 Å². The van der Waals surface area contributed by atoms with Crippen LogP contribution in [0, 0.1) is 0 Å². The summed E-state index contributed by atoms with van der Waals surface area (Å²) < 4.78 is 2.29. The smallest absolute Gasteiger partial charge is 0.207 e. The Morgan fingerprint density at radius 2 is 1.95 bits per heavy atom. The summed E-state index contributed by atoms with van der Waals surface area (Å²) in [6.07, 6.45) is 10.3. The molecule has 1 heterocycles. The standard InChI is InChI=1S/C16H21N3/c1-2-13-7-9-14(10-8-13)18-16-17-11-12-19(16)15-5-3-4-6-15/h7-12,15H,2-6H2,1H3,(H,17,18). The van der Waals surface area contributed by atoms with Crippen LogP contribution >= 0.6 is 0 Å². The molecule has 0 unspecified atom stereocenters. The van der Waals surface area contributed by atoms with Crippen LogP contribution in [0.2, 0.25) is 0 Å². The summed E-state index contributed by atoms with van der Waals surface area (Å²) in [5.74, 6) is 0.969. The molecule has 2 aromatic rings. The molecule has 1 aliphatic carbocycles. The molecule has 0 bridgehead atoms. The molecule has 0 amide bonds. The first-order valence-electron chi connectivity index (χ1n) is 7.25. The van der Waals surface area contributed by atoms with Gasteiger partial charge in [0.15, 0.2) is 0 Å². The lowest BCUT2D eigenvalue weighted by Crippen LogP contribution is -2.07. The van der Waals surface area contributed by atoms with Crippen molar-refractivity contribution in [2.75, 3.05) is 5.32 Å². The van der Waals surface area contributed by atoms with Crippen LogP contribution in [0.15, 0.2) is 36.7 Å². The predicted octanol–water partition coefficient (Wildman–Crippen LogP) is 4.30. The molecule has 0 spiro atoms. The highest BCUT2D eigenvalue weighted by Crippen LogP contribution is 2.32. The second-order valence-electron chi connectivity index (χ2n) is 5.27. The normalized spacial score (nSPS) is 15.8. The fourth-order valence-corrected chi connectivity index (χ4v) is 2.84. The number of rotatable bonds is 4. The molecule has 1 aromatic carbocycles. The molecule has 1 N–H and O–H groups in total. The third-order valence-electron chi connectivity index (χ3n) is 4.01. The van der Waals surface area contributed by atoms with Gasteiger partial charge >= 0.3 is 0 Å². The summed E-state index contributed by atoms with van der Waals surface area (Å²) in [6, 6.07) is 9.23. The highest BCUT2D eigenvalue weighted by molar-refractivity contribution is 5.54. The van der Waals surface area contributed by atoms with Crippen molar-refractivity contribution in [3.8, 4) is 0 Å². The van der Waals surface area contributed by atoms with Crippen molar-refractivity contribution < 1.29 is 0 Å². The van der Waals surface area contributed by atoms with E-state index in [0.717, 1.165) is 18.1 Å². The minimum absolute atomic E-state index is 0.625. The molecule has 3 heteroatoms. The van der Waals surface area contributed by atoms with E-state index in [1.54, 1.807) is 0 Å². The fraction of sp³-hybridized carbons (Fsp3) is 0.438. The number of imidazole rings is 1. The molecule has 0 radical (unpaired) electrons. The summed E-state index contributed by atoms with van der Waals surface area (Å²) >= 11 is 0. The van der Waals surface area contributed by atoms with Gasteiger partial charge in [-0.05, 0) is 37.0 Å². The Bertz CT molecular complexity index is 521. The number of hydrogen-bond donors (Lipinski definition) is 1. The average molecular weight is 255 g/mol. The van der Waals surface area contributed by atoms with Gasteiger partial charge in [-0.3, -0.25) is 0 Å². The minimum atomic E-state index is 0.625. The summed E-state index contributed by atoms with van der Waals surface area (Å²) in [5, 5.41) is 3.43. The first-order chi connectivity index (χ1) is 9.36. The Labute approximate surface area is 114 Å². The van der Waals surface area contributed by atoms with Crippen LogP contribution in [-0.2, 0) is 6.42 Å². The van der Waals surface area contributed by atoms with Gasteiger partial charge in [-0.15, -0.1) is 0 Å². The van der Waals surface area contributed by atoms with Gasteiger partial charge < -0.3 is 9.88 Å². The van der Waals surface area contributed by atoms with Crippen LogP contribution in [0.3, 0.4) is 0 Å². The summed E-state index contributed by atoms with van der Waals surface area (Å²) in [6.45, 7) is 2.18. The Morgan fingerprint density at radius 3 is 2.63 bits per heavy atom. The van der Waals surface area contributed by atoms with Gasteiger partial charge in [0.1, 0.15) is 0 Å². The van der Waals surface area contributed by atoms with Crippen molar-refractivity contribution in [3.05, 3.63) is 42.2 Å².